The first kappa shape index (κ1) is 17.0. The van der Waals surface area contributed by atoms with Gasteiger partial charge in [-0.25, -0.2) is 0 Å². The lowest BCUT2D eigenvalue weighted by Crippen LogP contribution is -2.25. The number of hydrogen-bond donors (Lipinski definition) is 2. The standard InChI is InChI=1S/C21H18N2O4/c24-19-12-27-18-11-16(8-9-17(18)23-19)22-21(26)15-7-3-6-14(10-15)20(25)13-4-1-2-5-13/h1,3-4,6-11,13H,2,5,12H2,(H,22,26)(H,23,24)/t13-/m0/s1. The normalized spacial score (nSPS) is 17.6. The van der Waals surface area contributed by atoms with Crippen LogP contribution in [0.3, 0.4) is 0 Å². The fraction of sp³-hybridized carbons (Fsp3) is 0.190. The predicted octanol–water partition coefficient (Wildman–Crippen LogP) is 3.42. The Labute approximate surface area is 156 Å². The molecule has 1 aliphatic carbocycles. The number of anilines is 2. The highest BCUT2D eigenvalue weighted by Gasteiger charge is 2.21. The summed E-state index contributed by atoms with van der Waals surface area (Å²) >= 11 is 0. The molecule has 2 aliphatic rings. The lowest BCUT2D eigenvalue weighted by molar-refractivity contribution is -0.118. The van der Waals surface area contributed by atoms with Gasteiger partial charge >= 0.3 is 0 Å². The maximum Gasteiger partial charge on any atom is 0.262 e. The van der Waals surface area contributed by atoms with Crippen LogP contribution in [0, 0.1) is 5.92 Å². The molecular weight excluding hydrogens is 344 g/mol. The summed E-state index contributed by atoms with van der Waals surface area (Å²) in [6.07, 6.45) is 5.68. The zero-order valence-electron chi connectivity index (χ0n) is 14.5. The van der Waals surface area contributed by atoms with Crippen LogP contribution >= 0.6 is 0 Å². The molecule has 4 rings (SSSR count). The van der Waals surface area contributed by atoms with Crippen molar-refractivity contribution in [3.8, 4) is 5.75 Å². The van der Waals surface area contributed by atoms with E-state index >= 15 is 0 Å². The van der Waals surface area contributed by atoms with E-state index in [9.17, 15) is 14.4 Å². The van der Waals surface area contributed by atoms with Gasteiger partial charge in [0, 0.05) is 28.8 Å². The minimum absolute atomic E-state index is 0.0383. The molecule has 2 aromatic rings. The van der Waals surface area contributed by atoms with Gasteiger partial charge in [-0.05, 0) is 37.1 Å². The number of carbonyl (C=O) groups is 3. The largest absolute Gasteiger partial charge is 0.482 e. The van der Waals surface area contributed by atoms with Crippen molar-refractivity contribution in [1.82, 2.24) is 0 Å². The minimum Gasteiger partial charge on any atom is -0.482 e. The van der Waals surface area contributed by atoms with E-state index < -0.39 is 0 Å². The number of ether oxygens (including phenoxy) is 1. The Bertz CT molecular complexity index is 964. The van der Waals surface area contributed by atoms with Gasteiger partial charge in [-0.1, -0.05) is 24.3 Å². The van der Waals surface area contributed by atoms with Crippen molar-refractivity contribution in [2.45, 2.75) is 12.8 Å². The summed E-state index contributed by atoms with van der Waals surface area (Å²) in [5.74, 6) is -0.0822. The van der Waals surface area contributed by atoms with Gasteiger partial charge in [-0.15, -0.1) is 0 Å². The third-order valence-corrected chi connectivity index (χ3v) is 4.63. The molecule has 6 nitrogen and oxygen atoms in total. The lowest BCUT2D eigenvalue weighted by Gasteiger charge is -2.18. The molecule has 0 aromatic heterocycles. The zero-order valence-corrected chi connectivity index (χ0v) is 14.5. The number of Topliss-reactive ketones (excluding diaryl/α,β-unsaturated/α-hetero) is 1. The third kappa shape index (κ3) is 3.60. The monoisotopic (exact) mass is 362 g/mol. The molecule has 0 radical (unpaired) electrons. The van der Waals surface area contributed by atoms with E-state index in [1.165, 1.54) is 0 Å². The van der Waals surface area contributed by atoms with Gasteiger partial charge in [0.05, 0.1) is 5.69 Å². The number of amides is 2. The molecule has 27 heavy (non-hydrogen) atoms. The van der Waals surface area contributed by atoms with Crippen LogP contribution in [0.5, 0.6) is 5.75 Å². The molecular formula is C21H18N2O4. The first-order valence-corrected chi connectivity index (χ1v) is 8.79. The minimum atomic E-state index is -0.314. The van der Waals surface area contributed by atoms with E-state index in [1.54, 1.807) is 42.5 Å². The Morgan fingerprint density at radius 2 is 1.96 bits per heavy atom. The highest BCUT2D eigenvalue weighted by atomic mass is 16.5. The zero-order chi connectivity index (χ0) is 18.8. The molecule has 0 bridgehead atoms. The topological polar surface area (TPSA) is 84.5 Å². The number of allylic oxidation sites excluding steroid dienone is 2. The third-order valence-electron chi connectivity index (χ3n) is 4.63. The van der Waals surface area contributed by atoms with E-state index in [4.69, 9.17) is 4.74 Å². The molecule has 0 fully saturated rings. The van der Waals surface area contributed by atoms with Gasteiger partial charge < -0.3 is 15.4 Å². The van der Waals surface area contributed by atoms with Crippen LogP contribution in [0.25, 0.3) is 0 Å². The molecule has 0 saturated carbocycles. The van der Waals surface area contributed by atoms with Crippen LogP contribution in [0.1, 0.15) is 33.6 Å². The predicted molar refractivity (Wildman–Crippen MR) is 101 cm³/mol. The fourth-order valence-corrected chi connectivity index (χ4v) is 3.23. The second-order valence-corrected chi connectivity index (χ2v) is 6.56. The highest BCUT2D eigenvalue weighted by molar-refractivity contribution is 6.07. The number of benzene rings is 2. The van der Waals surface area contributed by atoms with Crippen LogP contribution in [0.2, 0.25) is 0 Å². The molecule has 6 heteroatoms. The molecule has 1 aliphatic heterocycles. The maximum atomic E-state index is 12.6. The molecule has 136 valence electrons. The van der Waals surface area contributed by atoms with Crippen molar-refractivity contribution in [3.05, 3.63) is 65.7 Å². The first-order chi connectivity index (χ1) is 13.1. The van der Waals surface area contributed by atoms with Crippen molar-refractivity contribution in [2.75, 3.05) is 17.2 Å². The molecule has 2 amide bonds. The van der Waals surface area contributed by atoms with Crippen LogP contribution in [-0.2, 0) is 4.79 Å². The second-order valence-electron chi connectivity index (χ2n) is 6.56. The van der Waals surface area contributed by atoms with E-state index in [-0.39, 0.29) is 30.1 Å². The van der Waals surface area contributed by atoms with Gasteiger partial charge in [-0.2, -0.15) is 0 Å². The van der Waals surface area contributed by atoms with Crippen molar-refractivity contribution in [1.29, 1.82) is 0 Å². The molecule has 2 aromatic carbocycles. The Kier molecular flexibility index (Phi) is 4.46. The summed E-state index contributed by atoms with van der Waals surface area (Å²) in [4.78, 5) is 36.4. The summed E-state index contributed by atoms with van der Waals surface area (Å²) in [5.41, 5.74) is 2.07. The quantitative estimate of drug-likeness (QED) is 0.645. The van der Waals surface area contributed by atoms with E-state index in [0.717, 1.165) is 12.8 Å². The molecule has 0 spiro atoms. The SMILES string of the molecule is O=C1COc2cc(NC(=O)c3cccc(C(=O)[C@H]4C=CCC4)c3)ccc2N1. The van der Waals surface area contributed by atoms with Crippen molar-refractivity contribution >= 4 is 29.0 Å². The molecule has 0 saturated heterocycles. The van der Waals surface area contributed by atoms with Crippen LogP contribution < -0.4 is 15.4 Å². The highest BCUT2D eigenvalue weighted by Crippen LogP contribution is 2.30. The van der Waals surface area contributed by atoms with Gasteiger partial charge in [-0.3, -0.25) is 14.4 Å². The Balaban J connectivity index is 1.50. The van der Waals surface area contributed by atoms with Crippen molar-refractivity contribution in [3.63, 3.8) is 0 Å². The summed E-state index contributed by atoms with van der Waals surface area (Å²) in [5, 5.41) is 5.50. The number of rotatable bonds is 4. The summed E-state index contributed by atoms with van der Waals surface area (Å²) in [7, 11) is 0. The van der Waals surface area contributed by atoms with Crippen LogP contribution in [-0.4, -0.2) is 24.2 Å². The molecule has 2 N–H and O–H groups in total. The van der Waals surface area contributed by atoms with Gasteiger partial charge in [0.15, 0.2) is 12.4 Å². The summed E-state index contributed by atoms with van der Waals surface area (Å²) in [6.45, 7) is -0.0514. The number of nitrogens with one attached hydrogen (secondary N) is 2. The summed E-state index contributed by atoms with van der Waals surface area (Å²) in [6, 6.07) is 11.8. The van der Waals surface area contributed by atoms with Crippen LogP contribution in [0.15, 0.2) is 54.6 Å². The van der Waals surface area contributed by atoms with Crippen LogP contribution in [0.4, 0.5) is 11.4 Å². The Morgan fingerprint density at radius 3 is 2.78 bits per heavy atom. The van der Waals surface area contributed by atoms with Crippen molar-refractivity contribution < 1.29 is 19.1 Å². The average Bonchev–Trinajstić information content (AvgIpc) is 3.22. The average molecular weight is 362 g/mol. The second kappa shape index (κ2) is 7.07. The number of ketones is 1. The fourth-order valence-electron chi connectivity index (χ4n) is 3.23. The smallest absolute Gasteiger partial charge is 0.262 e. The maximum absolute atomic E-state index is 12.6. The molecule has 1 atom stereocenters. The first-order valence-electron chi connectivity index (χ1n) is 8.79. The van der Waals surface area contributed by atoms with Gasteiger partial charge in [0.2, 0.25) is 0 Å². The van der Waals surface area contributed by atoms with Gasteiger partial charge in [0.1, 0.15) is 5.75 Å². The number of hydrogen-bond acceptors (Lipinski definition) is 4. The van der Waals surface area contributed by atoms with E-state index in [2.05, 4.69) is 10.6 Å². The molecule has 0 unspecified atom stereocenters. The van der Waals surface area contributed by atoms with E-state index in [1.807, 2.05) is 12.2 Å². The lowest BCUT2D eigenvalue weighted by atomic mass is 9.96. The summed E-state index contributed by atoms with van der Waals surface area (Å²) < 4.78 is 5.36. The molecule has 1 heterocycles. The number of fused-ring (bicyclic) bond motifs is 1. The van der Waals surface area contributed by atoms with Gasteiger partial charge in [0.25, 0.3) is 11.8 Å². The van der Waals surface area contributed by atoms with Crippen molar-refractivity contribution in [2.24, 2.45) is 5.92 Å². The Hall–Kier alpha value is -3.41. The number of carbonyl (C=O) groups excluding carboxylic acids is 3. The van der Waals surface area contributed by atoms with E-state index in [0.29, 0.717) is 28.3 Å². The Morgan fingerprint density at radius 1 is 1.11 bits per heavy atom.